The normalized spacial score (nSPS) is 18.4. The second-order valence-electron chi connectivity index (χ2n) is 6.83. The van der Waals surface area contributed by atoms with E-state index in [2.05, 4.69) is 15.0 Å². The van der Waals surface area contributed by atoms with E-state index in [4.69, 9.17) is 4.74 Å². The van der Waals surface area contributed by atoms with Gasteiger partial charge in [0, 0.05) is 19.2 Å². The number of nitro groups is 1. The van der Waals surface area contributed by atoms with Crippen molar-refractivity contribution in [2.24, 2.45) is 11.3 Å². The standard InChI is InChI=1S/C16H21N5O4/c1-16(2,15(22)25-3)11-5-4-8-19(10-11)13-7-6-12-17-9-14(21(23)24)20(12)18-13/h6-7,9,11H,4-5,8,10H2,1-3H3. The van der Waals surface area contributed by atoms with E-state index in [9.17, 15) is 14.9 Å². The fourth-order valence-electron chi connectivity index (χ4n) is 3.35. The zero-order valence-electron chi connectivity index (χ0n) is 14.5. The molecule has 1 aliphatic rings. The van der Waals surface area contributed by atoms with E-state index in [1.165, 1.54) is 17.8 Å². The Hall–Kier alpha value is -2.71. The van der Waals surface area contributed by atoms with Gasteiger partial charge in [-0.05, 0) is 43.6 Å². The number of imidazole rings is 1. The van der Waals surface area contributed by atoms with Gasteiger partial charge in [-0.15, -0.1) is 0 Å². The minimum Gasteiger partial charge on any atom is -0.469 e. The lowest BCUT2D eigenvalue weighted by atomic mass is 9.74. The second-order valence-corrected chi connectivity index (χ2v) is 6.83. The Kier molecular flexibility index (Phi) is 4.32. The molecule has 134 valence electrons. The molecule has 0 saturated carbocycles. The highest BCUT2D eigenvalue weighted by Crippen LogP contribution is 2.36. The van der Waals surface area contributed by atoms with Crippen molar-refractivity contribution >= 4 is 23.3 Å². The van der Waals surface area contributed by atoms with Crippen LogP contribution in [-0.2, 0) is 9.53 Å². The smallest absolute Gasteiger partial charge is 0.368 e. The number of anilines is 1. The van der Waals surface area contributed by atoms with Gasteiger partial charge in [0.2, 0.25) is 5.65 Å². The van der Waals surface area contributed by atoms with Crippen LogP contribution in [0.15, 0.2) is 18.3 Å². The summed E-state index contributed by atoms with van der Waals surface area (Å²) in [5.74, 6) is 0.358. The summed E-state index contributed by atoms with van der Waals surface area (Å²) in [7, 11) is 1.40. The van der Waals surface area contributed by atoms with E-state index in [0.29, 0.717) is 18.0 Å². The number of esters is 1. The van der Waals surface area contributed by atoms with Crippen molar-refractivity contribution in [3.8, 4) is 0 Å². The zero-order valence-corrected chi connectivity index (χ0v) is 14.5. The van der Waals surface area contributed by atoms with Crippen LogP contribution in [0.5, 0.6) is 0 Å². The number of methoxy groups -OCH3 is 1. The van der Waals surface area contributed by atoms with Gasteiger partial charge in [0.05, 0.1) is 12.5 Å². The van der Waals surface area contributed by atoms with E-state index >= 15 is 0 Å². The molecular formula is C16H21N5O4. The quantitative estimate of drug-likeness (QED) is 0.474. The molecule has 0 aliphatic carbocycles. The predicted octanol–water partition coefficient (Wildman–Crippen LogP) is 2.05. The van der Waals surface area contributed by atoms with Crippen LogP contribution in [0.3, 0.4) is 0 Å². The highest BCUT2D eigenvalue weighted by molar-refractivity contribution is 5.76. The van der Waals surface area contributed by atoms with Gasteiger partial charge >= 0.3 is 11.8 Å². The lowest BCUT2D eigenvalue weighted by molar-refractivity contribution is -0.391. The van der Waals surface area contributed by atoms with E-state index in [1.807, 2.05) is 13.8 Å². The molecule has 1 aliphatic heterocycles. The predicted molar refractivity (Wildman–Crippen MR) is 90.4 cm³/mol. The Morgan fingerprint density at radius 1 is 1.44 bits per heavy atom. The van der Waals surface area contributed by atoms with Gasteiger partial charge in [0.1, 0.15) is 6.20 Å². The third-order valence-corrected chi connectivity index (χ3v) is 4.99. The molecule has 25 heavy (non-hydrogen) atoms. The molecule has 0 N–H and O–H groups in total. The molecule has 9 nitrogen and oxygen atoms in total. The molecule has 2 aromatic rings. The van der Waals surface area contributed by atoms with Gasteiger partial charge < -0.3 is 19.8 Å². The first-order valence-electron chi connectivity index (χ1n) is 8.17. The molecule has 0 bridgehead atoms. The van der Waals surface area contributed by atoms with Crippen molar-refractivity contribution < 1.29 is 14.5 Å². The molecule has 2 aromatic heterocycles. The Bertz CT molecular complexity index is 816. The highest BCUT2D eigenvalue weighted by Gasteiger charge is 2.40. The summed E-state index contributed by atoms with van der Waals surface area (Å²) < 4.78 is 6.18. The maximum Gasteiger partial charge on any atom is 0.368 e. The molecule has 0 spiro atoms. The Labute approximate surface area is 144 Å². The summed E-state index contributed by atoms with van der Waals surface area (Å²) in [6.45, 7) is 5.21. The summed E-state index contributed by atoms with van der Waals surface area (Å²) in [6.07, 6.45) is 3.04. The number of rotatable bonds is 4. The van der Waals surface area contributed by atoms with Crippen LogP contribution in [0.2, 0.25) is 0 Å². The van der Waals surface area contributed by atoms with Gasteiger partial charge in [-0.2, -0.15) is 0 Å². The molecule has 0 amide bonds. The summed E-state index contributed by atoms with van der Waals surface area (Å²) in [4.78, 5) is 28.7. The molecule has 3 heterocycles. The zero-order chi connectivity index (χ0) is 18.2. The lowest BCUT2D eigenvalue weighted by Gasteiger charge is -2.40. The summed E-state index contributed by atoms with van der Waals surface area (Å²) in [6, 6.07) is 3.52. The van der Waals surface area contributed by atoms with Crippen LogP contribution in [0.1, 0.15) is 26.7 Å². The van der Waals surface area contributed by atoms with E-state index in [-0.39, 0.29) is 17.7 Å². The summed E-state index contributed by atoms with van der Waals surface area (Å²) in [5, 5.41) is 15.5. The second kappa shape index (κ2) is 6.30. The molecule has 0 radical (unpaired) electrons. The van der Waals surface area contributed by atoms with Crippen molar-refractivity contribution in [1.82, 2.24) is 14.6 Å². The summed E-state index contributed by atoms with van der Waals surface area (Å²) >= 11 is 0. The summed E-state index contributed by atoms with van der Waals surface area (Å²) in [5.41, 5.74) is -0.169. The number of hydrogen-bond acceptors (Lipinski definition) is 7. The monoisotopic (exact) mass is 347 g/mol. The topological polar surface area (TPSA) is 103 Å². The van der Waals surface area contributed by atoms with Gasteiger partial charge in [-0.25, -0.2) is 4.98 Å². The number of aromatic nitrogens is 3. The molecule has 3 rings (SSSR count). The number of fused-ring (bicyclic) bond motifs is 1. The van der Waals surface area contributed by atoms with Crippen LogP contribution in [-0.4, -0.2) is 45.7 Å². The highest BCUT2D eigenvalue weighted by atomic mass is 16.6. The fraction of sp³-hybridized carbons (Fsp3) is 0.562. The molecule has 1 unspecified atom stereocenters. The fourth-order valence-corrected chi connectivity index (χ4v) is 3.35. The number of carbonyl (C=O) groups excluding carboxylic acids is 1. The number of carbonyl (C=O) groups is 1. The number of nitrogens with zero attached hydrogens (tertiary/aromatic N) is 5. The third-order valence-electron chi connectivity index (χ3n) is 4.99. The SMILES string of the molecule is COC(=O)C(C)(C)C1CCCN(c2ccc3ncc([N+](=O)[O-])n3n2)C1. The molecule has 1 saturated heterocycles. The van der Waals surface area contributed by atoms with Crippen LogP contribution >= 0.6 is 0 Å². The minimum atomic E-state index is -0.599. The van der Waals surface area contributed by atoms with E-state index in [1.54, 1.807) is 12.1 Å². The molecule has 9 heteroatoms. The minimum absolute atomic E-state index is 0.115. The van der Waals surface area contributed by atoms with Crippen LogP contribution in [0.25, 0.3) is 5.65 Å². The van der Waals surface area contributed by atoms with E-state index < -0.39 is 10.3 Å². The number of piperidine rings is 1. The lowest BCUT2D eigenvalue weighted by Crippen LogP contribution is -2.45. The molecular weight excluding hydrogens is 326 g/mol. The number of ether oxygens (including phenoxy) is 1. The first kappa shape index (κ1) is 17.1. The van der Waals surface area contributed by atoms with Crippen molar-refractivity contribution in [2.45, 2.75) is 26.7 Å². The Morgan fingerprint density at radius 2 is 2.20 bits per heavy atom. The largest absolute Gasteiger partial charge is 0.469 e. The van der Waals surface area contributed by atoms with Crippen LogP contribution in [0.4, 0.5) is 11.6 Å². The van der Waals surface area contributed by atoms with Crippen LogP contribution in [0, 0.1) is 21.4 Å². The van der Waals surface area contributed by atoms with Crippen molar-refractivity contribution in [3.63, 3.8) is 0 Å². The Balaban J connectivity index is 1.89. The van der Waals surface area contributed by atoms with Crippen molar-refractivity contribution in [3.05, 3.63) is 28.4 Å². The Morgan fingerprint density at radius 3 is 2.88 bits per heavy atom. The van der Waals surface area contributed by atoms with E-state index in [0.717, 1.165) is 19.4 Å². The molecule has 0 aromatic carbocycles. The maximum absolute atomic E-state index is 12.1. The van der Waals surface area contributed by atoms with Gasteiger partial charge in [0.15, 0.2) is 5.82 Å². The number of hydrogen-bond donors (Lipinski definition) is 0. The first-order chi connectivity index (χ1) is 11.8. The first-order valence-corrected chi connectivity index (χ1v) is 8.17. The van der Waals surface area contributed by atoms with Gasteiger partial charge in [-0.3, -0.25) is 4.79 Å². The third kappa shape index (κ3) is 3.01. The van der Waals surface area contributed by atoms with Crippen LogP contribution < -0.4 is 4.90 Å². The van der Waals surface area contributed by atoms with Gasteiger partial charge in [0.25, 0.3) is 0 Å². The molecule has 1 atom stereocenters. The average Bonchev–Trinajstić information content (AvgIpc) is 3.04. The maximum atomic E-state index is 12.1. The molecule has 1 fully saturated rings. The average molecular weight is 347 g/mol. The van der Waals surface area contributed by atoms with Gasteiger partial charge in [-0.1, -0.05) is 9.61 Å². The van der Waals surface area contributed by atoms with Crippen molar-refractivity contribution in [2.75, 3.05) is 25.1 Å². The van der Waals surface area contributed by atoms with Crippen molar-refractivity contribution in [1.29, 1.82) is 0 Å².